The maximum Gasteiger partial charge on any atom is 0.492 e. The normalized spacial score (nSPS) is 17.0. The molecule has 0 bridgehead atoms. The maximum absolute atomic E-state index is 12.3. The van der Waals surface area contributed by atoms with Crippen molar-refractivity contribution in [2.75, 3.05) is 19.8 Å². The molecule has 2 amide bonds. The molecule has 0 radical (unpaired) electrons. The molecule has 0 saturated carbocycles. The standard InChI is InChI=1S/C21H43N4O10Si/c1-3-14(21(29)30)8-15(19(23)27)9-16(20(28)25-31)10-17(7-13(2)22)24-11-18(26)12-35-5-4-6-36(32,33)34/h13-18,24,26,32-34H,3-12,22H2,1-2H3,(H4-,23,25,27,28,29,30,31)/q-1. The quantitative estimate of drug-likeness (QED) is 0.0435. The van der Waals surface area contributed by atoms with Gasteiger partial charge in [-0.05, 0) is 45.4 Å². The molecule has 11 N–H and O–H groups in total. The minimum atomic E-state index is -4.12. The number of carbonyl (C=O) groups is 3. The Morgan fingerprint density at radius 2 is 1.67 bits per heavy atom. The van der Waals surface area contributed by atoms with Gasteiger partial charge in [0.25, 0.3) is 0 Å². The van der Waals surface area contributed by atoms with Gasteiger partial charge in [0.1, 0.15) is 0 Å². The van der Waals surface area contributed by atoms with Crippen LogP contribution >= 0.6 is 0 Å². The molecule has 0 aliphatic carbocycles. The number of hydrogen-bond acceptors (Lipinski definition) is 11. The highest BCUT2D eigenvalue weighted by Crippen LogP contribution is 2.26. The molecule has 0 aromatic rings. The van der Waals surface area contributed by atoms with E-state index in [4.69, 9.17) is 30.6 Å². The Morgan fingerprint density at radius 3 is 2.14 bits per heavy atom. The first kappa shape index (κ1) is 34.3. The second-order valence-corrected chi connectivity index (χ2v) is 11.4. The van der Waals surface area contributed by atoms with E-state index in [0.717, 1.165) is 0 Å². The van der Waals surface area contributed by atoms with Gasteiger partial charge in [-0.2, -0.15) is 0 Å². The number of hydrogen-bond donors (Lipinski definition) is 9. The van der Waals surface area contributed by atoms with Gasteiger partial charge in [0.05, 0.1) is 18.6 Å². The number of hydroxylamine groups is 1. The van der Waals surface area contributed by atoms with Crippen LogP contribution in [0.3, 0.4) is 0 Å². The van der Waals surface area contributed by atoms with Crippen molar-refractivity contribution in [1.29, 1.82) is 0 Å². The molecule has 0 fully saturated rings. The van der Waals surface area contributed by atoms with Crippen molar-refractivity contribution in [2.45, 2.75) is 76.6 Å². The number of carboxylic acid groups (broad SMARTS) is 1. The van der Waals surface area contributed by atoms with E-state index in [1.165, 1.54) is 5.48 Å². The number of aliphatic carboxylic acids is 1. The minimum absolute atomic E-state index is 0.0535. The number of nitrogens with one attached hydrogen (secondary N) is 2. The van der Waals surface area contributed by atoms with Gasteiger partial charge < -0.3 is 56.8 Å². The monoisotopic (exact) mass is 539 g/mol. The van der Waals surface area contributed by atoms with Crippen LogP contribution in [-0.4, -0.2) is 89.1 Å². The summed E-state index contributed by atoms with van der Waals surface area (Å²) >= 11 is 0. The number of rotatable bonds is 21. The molecule has 0 aromatic heterocycles. The fraction of sp³-hybridized carbons (Fsp3) is 0.857. The number of aliphatic hydroxyl groups excluding tert-OH is 1. The highest BCUT2D eigenvalue weighted by Gasteiger charge is 2.31. The Hall–Kier alpha value is -1.69. The van der Waals surface area contributed by atoms with Crippen LogP contribution in [-0.2, 0) is 19.1 Å². The molecule has 14 nitrogen and oxygen atoms in total. The summed E-state index contributed by atoms with van der Waals surface area (Å²) in [6, 6.07) is -0.907. The van der Waals surface area contributed by atoms with E-state index in [9.17, 15) is 29.8 Å². The third-order valence-electron chi connectivity index (χ3n) is 5.83. The third-order valence-corrected chi connectivity index (χ3v) is 6.86. The molecule has 0 aromatic carbocycles. The van der Waals surface area contributed by atoms with Gasteiger partial charge in [0.15, 0.2) is 0 Å². The van der Waals surface area contributed by atoms with Gasteiger partial charge in [-0.1, -0.05) is 6.92 Å². The molecule has 6 unspecified atom stereocenters. The maximum atomic E-state index is 12.3. The van der Waals surface area contributed by atoms with Gasteiger partial charge >= 0.3 is 14.8 Å². The summed E-state index contributed by atoms with van der Waals surface area (Å²) < 4.78 is 5.26. The fourth-order valence-electron chi connectivity index (χ4n) is 3.90. The lowest BCUT2D eigenvalue weighted by Gasteiger charge is -2.29. The lowest BCUT2D eigenvalue weighted by atomic mass is 9.82. The fourth-order valence-corrected chi connectivity index (χ4v) is 4.52. The smallest absolute Gasteiger partial charge is 0.492 e. The first-order chi connectivity index (χ1) is 16.7. The Morgan fingerprint density at radius 1 is 1.06 bits per heavy atom. The zero-order valence-corrected chi connectivity index (χ0v) is 22.0. The molecule has 0 rings (SSSR count). The van der Waals surface area contributed by atoms with E-state index in [-0.39, 0.29) is 63.9 Å². The predicted molar refractivity (Wildman–Crippen MR) is 132 cm³/mol. The van der Waals surface area contributed by atoms with E-state index in [2.05, 4.69) is 5.32 Å². The number of ether oxygens (including phenoxy) is 1. The van der Waals surface area contributed by atoms with Crippen LogP contribution in [0.5, 0.6) is 0 Å². The number of carbonyl (C=O) groups excluding carboxylic acids is 2. The van der Waals surface area contributed by atoms with Gasteiger partial charge in [0, 0.05) is 43.1 Å². The third kappa shape index (κ3) is 16.1. The molecular formula is C21H43N4O10Si-. The van der Waals surface area contributed by atoms with Crippen molar-refractivity contribution >= 4 is 26.6 Å². The number of nitrogens with two attached hydrogens (primary N) is 2. The van der Waals surface area contributed by atoms with E-state index in [1.807, 2.05) is 0 Å². The van der Waals surface area contributed by atoms with Crippen LogP contribution in [0, 0.1) is 23.0 Å². The van der Waals surface area contributed by atoms with E-state index in [1.54, 1.807) is 13.8 Å². The first-order valence-electron chi connectivity index (χ1n) is 12.1. The van der Waals surface area contributed by atoms with Crippen LogP contribution < -0.4 is 22.3 Å². The Labute approximate surface area is 212 Å². The van der Waals surface area contributed by atoms with Crippen LogP contribution in [0.2, 0.25) is 6.04 Å². The topological polar surface area (TPSA) is 261 Å². The van der Waals surface area contributed by atoms with E-state index >= 15 is 0 Å². The van der Waals surface area contributed by atoms with Gasteiger partial charge in [-0.15, -0.1) is 0 Å². The van der Waals surface area contributed by atoms with Crippen LogP contribution in [0.15, 0.2) is 0 Å². The molecule has 36 heavy (non-hydrogen) atoms. The molecule has 0 heterocycles. The highest BCUT2D eigenvalue weighted by molar-refractivity contribution is 6.56. The summed E-state index contributed by atoms with van der Waals surface area (Å²) in [7, 11) is -4.12. The van der Waals surface area contributed by atoms with Crippen molar-refractivity contribution in [3.8, 4) is 0 Å². The number of carboxylic acids is 1. The van der Waals surface area contributed by atoms with Crippen molar-refractivity contribution in [2.24, 2.45) is 29.2 Å². The Bertz CT molecular complexity index is 665. The minimum Gasteiger partial charge on any atom is -0.759 e. The zero-order chi connectivity index (χ0) is 27.9. The molecule has 0 spiro atoms. The van der Waals surface area contributed by atoms with E-state index < -0.39 is 56.5 Å². The second-order valence-electron chi connectivity index (χ2n) is 9.34. The van der Waals surface area contributed by atoms with Crippen LogP contribution in [0.4, 0.5) is 0 Å². The summed E-state index contributed by atoms with van der Waals surface area (Å²) in [5.74, 6) is -5.39. The van der Waals surface area contributed by atoms with Gasteiger partial charge in [0.2, 0.25) is 11.8 Å². The van der Waals surface area contributed by atoms with Gasteiger partial charge in [-0.25, -0.2) is 0 Å². The average molecular weight is 540 g/mol. The molecule has 212 valence electrons. The summed E-state index contributed by atoms with van der Waals surface area (Å²) in [6.45, 7) is 3.49. The molecular weight excluding hydrogens is 496 g/mol. The molecule has 0 aliphatic rings. The van der Waals surface area contributed by atoms with Crippen molar-refractivity contribution in [1.82, 2.24) is 10.8 Å². The molecule has 15 heteroatoms. The second kappa shape index (κ2) is 17.7. The number of amides is 2. The SMILES string of the molecule is CCC(CC(CC(CC(CC(C)N)NCC(O)COCCC[Si](O)(O)O)C(=O)N[O-])C(N)=O)C(=O)O. The van der Waals surface area contributed by atoms with Gasteiger partial charge in [-0.3, -0.25) is 14.4 Å². The predicted octanol–water partition coefficient (Wildman–Crippen LogP) is -2.02. The Kier molecular flexibility index (Phi) is 16.9. The lowest BCUT2D eigenvalue weighted by molar-refractivity contribution is -0.142. The summed E-state index contributed by atoms with van der Waals surface area (Å²) in [5.41, 5.74) is 12.7. The van der Waals surface area contributed by atoms with Crippen molar-refractivity contribution in [3.05, 3.63) is 5.21 Å². The van der Waals surface area contributed by atoms with Crippen molar-refractivity contribution < 1.29 is 43.7 Å². The van der Waals surface area contributed by atoms with Crippen LogP contribution in [0.1, 0.15) is 52.4 Å². The lowest BCUT2D eigenvalue weighted by Crippen LogP contribution is -2.43. The number of aliphatic hydroxyl groups is 1. The van der Waals surface area contributed by atoms with Crippen molar-refractivity contribution in [3.63, 3.8) is 0 Å². The average Bonchev–Trinajstić information content (AvgIpc) is 2.76. The first-order valence-corrected chi connectivity index (χ1v) is 14.1. The molecule has 0 saturated heterocycles. The summed E-state index contributed by atoms with van der Waals surface area (Å²) in [5, 5.41) is 33.7. The Balaban J connectivity index is 5.12. The molecule has 6 atom stereocenters. The summed E-state index contributed by atoms with van der Waals surface area (Å²) in [6.07, 6.45) is -0.176. The number of primary amides is 1. The molecule has 0 aliphatic heterocycles. The van der Waals surface area contributed by atoms with Crippen LogP contribution in [0.25, 0.3) is 0 Å². The van der Waals surface area contributed by atoms with E-state index in [0.29, 0.717) is 6.42 Å². The largest absolute Gasteiger partial charge is 0.759 e. The highest BCUT2D eigenvalue weighted by atomic mass is 28.4. The zero-order valence-electron chi connectivity index (χ0n) is 21.0. The summed E-state index contributed by atoms with van der Waals surface area (Å²) in [4.78, 5) is 62.6.